The largest absolute Gasteiger partial charge is 0.481 e. The van der Waals surface area contributed by atoms with Gasteiger partial charge in [-0.1, -0.05) is 25.6 Å². The lowest BCUT2D eigenvalue weighted by atomic mass is 10.1. The first-order chi connectivity index (χ1) is 6.91. The third kappa shape index (κ3) is 9.75. The average Bonchev–Trinajstić information content (AvgIpc) is 2.00. The van der Waals surface area contributed by atoms with Crippen LogP contribution in [0.5, 0.6) is 0 Å². The molecule has 0 heterocycles. The van der Waals surface area contributed by atoms with Crippen LogP contribution in [0.3, 0.4) is 0 Å². The molecule has 0 amide bonds. The van der Waals surface area contributed by atoms with Gasteiger partial charge in [0.15, 0.2) is 5.12 Å². The first-order valence-corrected chi connectivity index (χ1v) is 5.92. The van der Waals surface area contributed by atoms with E-state index in [1.807, 2.05) is 0 Å². The van der Waals surface area contributed by atoms with Gasteiger partial charge in [-0.3, -0.25) is 9.59 Å². The Hall–Kier alpha value is -0.550. The number of carboxylic acid groups (broad SMARTS) is 1. The predicted molar refractivity (Wildman–Crippen MR) is 61.8 cm³/mol. The fourth-order valence-electron chi connectivity index (χ4n) is 1.05. The minimum Gasteiger partial charge on any atom is -0.481 e. The number of carbonyl (C=O) groups excluding carboxylic acids is 1. The zero-order chi connectivity index (χ0) is 11.8. The van der Waals surface area contributed by atoms with Crippen molar-refractivity contribution in [3.05, 3.63) is 0 Å². The summed E-state index contributed by atoms with van der Waals surface area (Å²) < 4.78 is 0. The van der Waals surface area contributed by atoms with Gasteiger partial charge in [-0.05, 0) is 18.9 Å². The molecular formula is C10H19NO3S. The molecule has 0 aromatic rings. The van der Waals surface area contributed by atoms with Gasteiger partial charge in [-0.2, -0.15) is 0 Å². The lowest BCUT2D eigenvalue weighted by molar-refractivity contribution is -0.137. The van der Waals surface area contributed by atoms with Crippen LogP contribution in [0.25, 0.3) is 0 Å². The van der Waals surface area contributed by atoms with Gasteiger partial charge < -0.3 is 10.4 Å². The fourth-order valence-corrected chi connectivity index (χ4v) is 1.88. The van der Waals surface area contributed by atoms with E-state index in [1.54, 1.807) is 0 Å². The van der Waals surface area contributed by atoms with Crippen molar-refractivity contribution in [1.82, 2.24) is 5.32 Å². The molecular weight excluding hydrogens is 214 g/mol. The summed E-state index contributed by atoms with van der Waals surface area (Å²) in [6.45, 7) is 6.40. The molecule has 0 fully saturated rings. The maximum Gasteiger partial charge on any atom is 0.305 e. The summed E-state index contributed by atoms with van der Waals surface area (Å²) in [6, 6.07) is 0. The average molecular weight is 233 g/mol. The van der Waals surface area contributed by atoms with Crippen LogP contribution < -0.4 is 5.32 Å². The summed E-state index contributed by atoms with van der Waals surface area (Å²) in [5, 5.41) is 11.4. The maximum atomic E-state index is 10.9. The van der Waals surface area contributed by atoms with E-state index >= 15 is 0 Å². The third-order valence-corrected chi connectivity index (χ3v) is 2.71. The van der Waals surface area contributed by atoms with Crippen molar-refractivity contribution in [3.8, 4) is 0 Å². The van der Waals surface area contributed by atoms with Gasteiger partial charge in [-0.15, -0.1) is 0 Å². The molecule has 0 aromatic carbocycles. The molecule has 5 heteroatoms. The molecule has 0 saturated carbocycles. The Morgan fingerprint density at radius 2 is 2.00 bits per heavy atom. The summed E-state index contributed by atoms with van der Waals surface area (Å²) in [6.07, 6.45) is 0.955. The molecule has 0 aromatic heterocycles. The van der Waals surface area contributed by atoms with Crippen LogP contribution in [0.1, 0.15) is 33.6 Å². The number of rotatable bonds is 7. The summed E-state index contributed by atoms with van der Waals surface area (Å²) in [7, 11) is 0. The summed E-state index contributed by atoms with van der Waals surface area (Å²) in [5.41, 5.74) is 0. The zero-order valence-electron chi connectivity index (χ0n) is 9.45. The Morgan fingerprint density at radius 1 is 1.40 bits per heavy atom. The van der Waals surface area contributed by atoms with Crippen LogP contribution in [-0.4, -0.2) is 28.1 Å². The van der Waals surface area contributed by atoms with Gasteiger partial charge in [0.25, 0.3) is 0 Å². The molecule has 0 saturated heterocycles. The highest BCUT2D eigenvalue weighted by Gasteiger charge is 2.15. The van der Waals surface area contributed by atoms with Crippen LogP contribution in [0, 0.1) is 5.92 Å². The smallest absolute Gasteiger partial charge is 0.305 e. The molecule has 4 nitrogen and oxygen atoms in total. The van der Waals surface area contributed by atoms with Crippen molar-refractivity contribution in [3.63, 3.8) is 0 Å². The number of carboxylic acids is 1. The number of carbonyl (C=O) groups is 2. The number of thioether (sulfide) groups is 1. The minimum atomic E-state index is -0.884. The molecule has 1 unspecified atom stereocenters. The Kier molecular flexibility index (Phi) is 7.42. The molecule has 0 bridgehead atoms. The SMILES string of the molecule is CC(=O)SC(CC(=O)O)NCCC(C)C. The lowest BCUT2D eigenvalue weighted by Crippen LogP contribution is -2.30. The van der Waals surface area contributed by atoms with Crippen LogP contribution in [0.2, 0.25) is 0 Å². The second kappa shape index (κ2) is 7.70. The van der Waals surface area contributed by atoms with Gasteiger partial charge in [0.1, 0.15) is 0 Å². The highest BCUT2D eigenvalue weighted by molar-refractivity contribution is 8.14. The molecule has 0 radical (unpaired) electrons. The molecule has 0 aliphatic heterocycles. The molecule has 0 rings (SSSR count). The standard InChI is InChI=1S/C10H19NO3S/c1-7(2)4-5-11-9(6-10(13)14)15-8(3)12/h7,9,11H,4-6H2,1-3H3,(H,13,14). The van der Waals surface area contributed by atoms with Gasteiger partial charge in [0.2, 0.25) is 0 Å². The van der Waals surface area contributed by atoms with Gasteiger partial charge in [0, 0.05) is 6.92 Å². The van der Waals surface area contributed by atoms with E-state index in [0.717, 1.165) is 24.7 Å². The van der Waals surface area contributed by atoms with E-state index in [1.165, 1.54) is 6.92 Å². The van der Waals surface area contributed by atoms with E-state index in [4.69, 9.17) is 5.11 Å². The molecule has 0 aliphatic rings. The van der Waals surface area contributed by atoms with Crippen molar-refractivity contribution in [2.75, 3.05) is 6.54 Å². The highest BCUT2D eigenvalue weighted by Crippen LogP contribution is 2.13. The van der Waals surface area contributed by atoms with E-state index in [2.05, 4.69) is 19.2 Å². The van der Waals surface area contributed by atoms with Crippen molar-refractivity contribution in [2.45, 2.75) is 39.0 Å². The van der Waals surface area contributed by atoms with Crippen molar-refractivity contribution < 1.29 is 14.7 Å². The lowest BCUT2D eigenvalue weighted by Gasteiger charge is -2.15. The zero-order valence-corrected chi connectivity index (χ0v) is 10.3. The van der Waals surface area contributed by atoms with Gasteiger partial charge in [0.05, 0.1) is 11.8 Å². The van der Waals surface area contributed by atoms with Gasteiger partial charge in [-0.25, -0.2) is 0 Å². The molecule has 0 spiro atoms. The minimum absolute atomic E-state index is 0.0255. The van der Waals surface area contributed by atoms with Crippen LogP contribution >= 0.6 is 11.8 Å². The van der Waals surface area contributed by atoms with Crippen LogP contribution in [-0.2, 0) is 9.59 Å². The second-order valence-electron chi connectivity index (χ2n) is 3.83. The fraction of sp³-hybridized carbons (Fsp3) is 0.800. The van der Waals surface area contributed by atoms with Crippen molar-refractivity contribution >= 4 is 22.8 Å². The third-order valence-electron chi connectivity index (χ3n) is 1.76. The van der Waals surface area contributed by atoms with E-state index in [0.29, 0.717) is 5.92 Å². The summed E-state index contributed by atoms with van der Waals surface area (Å²) >= 11 is 1.05. The van der Waals surface area contributed by atoms with Gasteiger partial charge >= 0.3 is 5.97 Å². The predicted octanol–water partition coefficient (Wildman–Crippen LogP) is 1.70. The Morgan fingerprint density at radius 3 is 2.40 bits per heavy atom. The molecule has 88 valence electrons. The van der Waals surface area contributed by atoms with Crippen molar-refractivity contribution in [2.24, 2.45) is 5.92 Å². The first-order valence-electron chi connectivity index (χ1n) is 5.04. The maximum absolute atomic E-state index is 10.9. The Bertz CT molecular complexity index is 203. The Labute approximate surface area is 94.8 Å². The van der Waals surface area contributed by atoms with E-state index in [9.17, 15) is 9.59 Å². The molecule has 1 atom stereocenters. The highest BCUT2D eigenvalue weighted by atomic mass is 32.2. The second-order valence-corrected chi connectivity index (χ2v) is 5.21. The number of aliphatic carboxylic acids is 1. The Balaban J connectivity index is 3.89. The summed E-state index contributed by atoms with van der Waals surface area (Å²) in [5.74, 6) is -0.309. The van der Waals surface area contributed by atoms with E-state index in [-0.39, 0.29) is 16.9 Å². The number of nitrogens with one attached hydrogen (secondary N) is 1. The van der Waals surface area contributed by atoms with Crippen molar-refractivity contribution in [1.29, 1.82) is 0 Å². The number of hydrogen-bond acceptors (Lipinski definition) is 4. The summed E-state index contributed by atoms with van der Waals surface area (Å²) in [4.78, 5) is 21.4. The number of hydrogen-bond donors (Lipinski definition) is 2. The topological polar surface area (TPSA) is 66.4 Å². The van der Waals surface area contributed by atoms with Crippen LogP contribution in [0.4, 0.5) is 0 Å². The monoisotopic (exact) mass is 233 g/mol. The normalized spacial score (nSPS) is 12.8. The molecule has 2 N–H and O–H groups in total. The first kappa shape index (κ1) is 14.5. The van der Waals surface area contributed by atoms with Crippen LogP contribution in [0.15, 0.2) is 0 Å². The molecule has 0 aliphatic carbocycles. The molecule has 15 heavy (non-hydrogen) atoms. The van der Waals surface area contributed by atoms with E-state index < -0.39 is 5.97 Å². The quantitative estimate of drug-likeness (QED) is 0.655.